The van der Waals surface area contributed by atoms with E-state index in [-0.39, 0.29) is 11.6 Å². The van der Waals surface area contributed by atoms with Crippen molar-refractivity contribution < 1.29 is 9.59 Å². The van der Waals surface area contributed by atoms with Gasteiger partial charge in [-0.3, -0.25) is 4.79 Å². The standard InChI is InChI=1S/C12H20O2/c1-3-12(14)10-8-6-4-5-7-9-11(2)13/h3H,1,4-10H2,2H3. The van der Waals surface area contributed by atoms with Gasteiger partial charge in [-0.25, -0.2) is 0 Å². The number of allylic oxidation sites excluding steroid dienone is 1. The maximum Gasteiger partial charge on any atom is 0.155 e. The highest BCUT2D eigenvalue weighted by atomic mass is 16.1. The molecule has 2 nitrogen and oxygen atoms in total. The van der Waals surface area contributed by atoms with E-state index < -0.39 is 0 Å². The first-order valence-electron chi connectivity index (χ1n) is 5.31. The molecule has 0 saturated carbocycles. The van der Waals surface area contributed by atoms with Gasteiger partial charge in [0.15, 0.2) is 5.78 Å². The lowest BCUT2D eigenvalue weighted by Gasteiger charge is -1.98. The summed E-state index contributed by atoms with van der Waals surface area (Å²) in [5, 5.41) is 0. The van der Waals surface area contributed by atoms with Crippen LogP contribution < -0.4 is 0 Å². The van der Waals surface area contributed by atoms with Crippen molar-refractivity contribution in [1.82, 2.24) is 0 Å². The second kappa shape index (κ2) is 8.67. The number of unbranched alkanes of at least 4 members (excludes halogenated alkanes) is 4. The fourth-order valence-electron chi connectivity index (χ4n) is 1.31. The van der Waals surface area contributed by atoms with Crippen LogP contribution in [0.15, 0.2) is 12.7 Å². The zero-order valence-corrected chi connectivity index (χ0v) is 9.05. The summed E-state index contributed by atoms with van der Waals surface area (Å²) in [4.78, 5) is 21.4. The molecule has 2 heteroatoms. The van der Waals surface area contributed by atoms with Gasteiger partial charge in [0.1, 0.15) is 5.78 Å². The van der Waals surface area contributed by atoms with Crippen molar-refractivity contribution in [3.05, 3.63) is 12.7 Å². The monoisotopic (exact) mass is 196 g/mol. The van der Waals surface area contributed by atoms with Gasteiger partial charge in [-0.05, 0) is 25.8 Å². The molecule has 0 aromatic rings. The van der Waals surface area contributed by atoms with Gasteiger partial charge in [-0.2, -0.15) is 0 Å². The molecule has 80 valence electrons. The highest BCUT2D eigenvalue weighted by Gasteiger charge is 1.96. The third kappa shape index (κ3) is 9.17. The van der Waals surface area contributed by atoms with Crippen LogP contribution in [0.2, 0.25) is 0 Å². The largest absolute Gasteiger partial charge is 0.300 e. The molecule has 14 heavy (non-hydrogen) atoms. The van der Waals surface area contributed by atoms with Crippen LogP contribution >= 0.6 is 0 Å². The van der Waals surface area contributed by atoms with E-state index in [1.54, 1.807) is 6.92 Å². The summed E-state index contributed by atoms with van der Waals surface area (Å²) in [6, 6.07) is 0. The lowest BCUT2D eigenvalue weighted by molar-refractivity contribution is -0.117. The van der Waals surface area contributed by atoms with Crippen LogP contribution in [-0.2, 0) is 9.59 Å². The molecule has 0 spiro atoms. The molecule has 0 saturated heterocycles. The van der Waals surface area contributed by atoms with Crippen molar-refractivity contribution in [2.24, 2.45) is 0 Å². The zero-order chi connectivity index (χ0) is 10.8. The topological polar surface area (TPSA) is 34.1 Å². The molecule has 0 aromatic carbocycles. The summed E-state index contributed by atoms with van der Waals surface area (Å²) >= 11 is 0. The summed E-state index contributed by atoms with van der Waals surface area (Å²) in [5.41, 5.74) is 0. The minimum Gasteiger partial charge on any atom is -0.300 e. The first-order chi connectivity index (χ1) is 6.66. The van der Waals surface area contributed by atoms with Gasteiger partial charge in [0.2, 0.25) is 0 Å². The Morgan fingerprint density at radius 2 is 1.50 bits per heavy atom. The summed E-state index contributed by atoms with van der Waals surface area (Å²) in [6.45, 7) is 5.05. The Hall–Kier alpha value is -0.920. The van der Waals surface area contributed by atoms with Gasteiger partial charge < -0.3 is 4.79 Å². The predicted molar refractivity (Wildman–Crippen MR) is 58.2 cm³/mol. The molecule has 0 unspecified atom stereocenters. The Balaban J connectivity index is 3.10. The first kappa shape index (κ1) is 13.1. The van der Waals surface area contributed by atoms with Gasteiger partial charge in [0.05, 0.1) is 0 Å². The molecule has 0 atom stereocenters. The summed E-state index contributed by atoms with van der Waals surface area (Å²) in [5.74, 6) is 0.403. The lowest BCUT2D eigenvalue weighted by Crippen LogP contribution is -1.92. The first-order valence-corrected chi connectivity index (χ1v) is 5.31. The van der Waals surface area contributed by atoms with E-state index in [1.165, 1.54) is 6.08 Å². The van der Waals surface area contributed by atoms with E-state index in [2.05, 4.69) is 6.58 Å². The molecule has 0 radical (unpaired) electrons. The van der Waals surface area contributed by atoms with Crippen LogP contribution in [0.5, 0.6) is 0 Å². The Morgan fingerprint density at radius 1 is 1.00 bits per heavy atom. The predicted octanol–water partition coefficient (Wildman–Crippen LogP) is 3.06. The van der Waals surface area contributed by atoms with E-state index in [0.717, 1.165) is 32.1 Å². The fraction of sp³-hybridized carbons (Fsp3) is 0.667. The Labute approximate surface area is 86.4 Å². The molecule has 0 fully saturated rings. The minimum absolute atomic E-state index is 0.133. The van der Waals surface area contributed by atoms with Crippen LogP contribution in [0.4, 0.5) is 0 Å². The molecule has 0 amide bonds. The molecule has 0 bridgehead atoms. The maximum absolute atomic E-state index is 10.8. The molecular weight excluding hydrogens is 176 g/mol. The van der Waals surface area contributed by atoms with Gasteiger partial charge in [0, 0.05) is 12.8 Å². The minimum atomic E-state index is 0.133. The molecule has 0 rings (SSSR count). The van der Waals surface area contributed by atoms with Crippen LogP contribution in [0.3, 0.4) is 0 Å². The second-order valence-electron chi connectivity index (χ2n) is 3.64. The smallest absolute Gasteiger partial charge is 0.155 e. The number of carbonyl (C=O) groups excluding carboxylic acids is 2. The van der Waals surface area contributed by atoms with E-state index in [9.17, 15) is 9.59 Å². The van der Waals surface area contributed by atoms with E-state index >= 15 is 0 Å². The Bertz CT molecular complexity index is 194. The molecule has 0 aliphatic carbocycles. The normalized spacial score (nSPS) is 9.79. The Kier molecular flexibility index (Phi) is 8.10. The number of carbonyl (C=O) groups is 2. The number of rotatable bonds is 9. The SMILES string of the molecule is C=CC(=O)CCCCCCCC(C)=O. The summed E-state index contributed by atoms with van der Waals surface area (Å²) in [6.07, 6.45) is 7.95. The average molecular weight is 196 g/mol. The lowest BCUT2D eigenvalue weighted by atomic mass is 10.1. The van der Waals surface area contributed by atoms with Crippen LogP contribution in [0.1, 0.15) is 51.9 Å². The van der Waals surface area contributed by atoms with Gasteiger partial charge in [-0.1, -0.05) is 25.8 Å². The summed E-state index contributed by atoms with van der Waals surface area (Å²) in [7, 11) is 0. The van der Waals surface area contributed by atoms with Crippen molar-refractivity contribution in [2.75, 3.05) is 0 Å². The third-order valence-corrected chi connectivity index (χ3v) is 2.18. The molecule has 0 aromatic heterocycles. The van der Waals surface area contributed by atoms with Crippen molar-refractivity contribution in [3.8, 4) is 0 Å². The number of hydrogen-bond acceptors (Lipinski definition) is 2. The van der Waals surface area contributed by atoms with Crippen LogP contribution in [0.25, 0.3) is 0 Å². The molecular formula is C12H20O2. The van der Waals surface area contributed by atoms with E-state index in [0.29, 0.717) is 12.8 Å². The maximum atomic E-state index is 10.8. The number of Topliss-reactive ketones (excluding diaryl/α,β-unsaturated/α-hetero) is 1. The van der Waals surface area contributed by atoms with Crippen LogP contribution in [0, 0.1) is 0 Å². The molecule has 0 aliphatic rings. The van der Waals surface area contributed by atoms with Gasteiger partial charge in [0.25, 0.3) is 0 Å². The van der Waals surface area contributed by atoms with Crippen LogP contribution in [-0.4, -0.2) is 11.6 Å². The van der Waals surface area contributed by atoms with Crippen molar-refractivity contribution >= 4 is 11.6 Å². The summed E-state index contributed by atoms with van der Waals surface area (Å²) < 4.78 is 0. The zero-order valence-electron chi connectivity index (χ0n) is 9.05. The number of ketones is 2. The quantitative estimate of drug-likeness (QED) is 0.419. The average Bonchev–Trinajstić information content (AvgIpc) is 2.15. The van der Waals surface area contributed by atoms with E-state index in [4.69, 9.17) is 0 Å². The molecule has 0 heterocycles. The van der Waals surface area contributed by atoms with Gasteiger partial charge >= 0.3 is 0 Å². The highest BCUT2D eigenvalue weighted by Crippen LogP contribution is 2.07. The molecule has 0 aliphatic heterocycles. The second-order valence-corrected chi connectivity index (χ2v) is 3.64. The van der Waals surface area contributed by atoms with Crippen molar-refractivity contribution in [2.45, 2.75) is 51.9 Å². The molecule has 0 N–H and O–H groups in total. The highest BCUT2D eigenvalue weighted by molar-refractivity contribution is 5.88. The van der Waals surface area contributed by atoms with Crippen molar-refractivity contribution in [3.63, 3.8) is 0 Å². The number of hydrogen-bond donors (Lipinski definition) is 0. The third-order valence-electron chi connectivity index (χ3n) is 2.18. The fourth-order valence-corrected chi connectivity index (χ4v) is 1.31. The van der Waals surface area contributed by atoms with Crippen molar-refractivity contribution in [1.29, 1.82) is 0 Å². The van der Waals surface area contributed by atoms with E-state index in [1.807, 2.05) is 0 Å². The van der Waals surface area contributed by atoms with Gasteiger partial charge in [-0.15, -0.1) is 0 Å². The Morgan fingerprint density at radius 3 is 2.00 bits per heavy atom.